The Labute approximate surface area is 186 Å². The normalized spacial score (nSPS) is 15.2. The van der Waals surface area contributed by atoms with E-state index >= 15 is 0 Å². The van der Waals surface area contributed by atoms with Gasteiger partial charge in [-0.3, -0.25) is 9.59 Å². The van der Waals surface area contributed by atoms with E-state index in [9.17, 15) is 9.59 Å². The van der Waals surface area contributed by atoms with Gasteiger partial charge in [0.05, 0.1) is 5.41 Å². The van der Waals surface area contributed by atoms with Crippen LogP contribution in [0, 0.1) is 6.92 Å². The first-order chi connectivity index (χ1) is 15.4. The van der Waals surface area contributed by atoms with Crippen LogP contribution in [0.4, 0.5) is 11.4 Å². The lowest BCUT2D eigenvalue weighted by molar-refractivity contribution is -0.118. The van der Waals surface area contributed by atoms with Gasteiger partial charge in [-0.05, 0) is 78.4 Å². The lowest BCUT2D eigenvalue weighted by Gasteiger charge is -2.17. The highest BCUT2D eigenvalue weighted by atomic mass is 16.7. The monoisotopic (exact) mass is 428 g/mol. The first-order valence-corrected chi connectivity index (χ1v) is 10.6. The molecule has 2 aliphatic rings. The molecule has 0 bridgehead atoms. The maximum atomic E-state index is 13.3. The Bertz CT molecular complexity index is 1230. The third kappa shape index (κ3) is 3.68. The van der Waals surface area contributed by atoms with Crippen molar-refractivity contribution in [2.45, 2.75) is 32.1 Å². The molecule has 1 saturated carbocycles. The standard InChI is InChI=1S/C26H24N2O4/c1-16-6-8-21(14-22(16)18-4-3-5-20(12-18)27-17(2)29)28-25(30)26(10-11-26)19-7-9-23-24(13-19)32-15-31-23/h3-9,12-14H,10-11,15H2,1-2H3,(H,27,29)(H,28,30). The molecular formula is C26H24N2O4. The number of hydrogen-bond acceptors (Lipinski definition) is 4. The molecule has 0 saturated heterocycles. The summed E-state index contributed by atoms with van der Waals surface area (Å²) in [5, 5.41) is 5.93. The predicted molar refractivity (Wildman–Crippen MR) is 123 cm³/mol. The Hall–Kier alpha value is -3.80. The van der Waals surface area contributed by atoms with E-state index in [1.165, 1.54) is 6.92 Å². The summed E-state index contributed by atoms with van der Waals surface area (Å²) in [5.74, 6) is 1.28. The van der Waals surface area contributed by atoms with Gasteiger partial charge in [0.1, 0.15) is 0 Å². The second-order valence-corrected chi connectivity index (χ2v) is 8.40. The largest absolute Gasteiger partial charge is 0.454 e. The van der Waals surface area contributed by atoms with Gasteiger partial charge in [-0.15, -0.1) is 0 Å². The molecule has 5 rings (SSSR count). The summed E-state index contributed by atoms with van der Waals surface area (Å²) >= 11 is 0. The molecule has 0 aromatic heterocycles. The number of amides is 2. The Morgan fingerprint density at radius 1 is 0.875 bits per heavy atom. The molecule has 162 valence electrons. The highest BCUT2D eigenvalue weighted by Gasteiger charge is 2.51. The third-order valence-electron chi connectivity index (χ3n) is 6.10. The minimum atomic E-state index is -0.530. The number of benzene rings is 3. The molecular weight excluding hydrogens is 404 g/mol. The number of hydrogen-bond donors (Lipinski definition) is 2. The maximum absolute atomic E-state index is 13.3. The summed E-state index contributed by atoms with van der Waals surface area (Å²) < 4.78 is 10.9. The molecule has 2 amide bonds. The van der Waals surface area contributed by atoms with Gasteiger partial charge in [-0.1, -0.05) is 24.3 Å². The second kappa shape index (κ2) is 7.71. The van der Waals surface area contributed by atoms with E-state index in [4.69, 9.17) is 9.47 Å². The quantitative estimate of drug-likeness (QED) is 0.598. The molecule has 1 aliphatic carbocycles. The highest BCUT2D eigenvalue weighted by Crippen LogP contribution is 2.51. The summed E-state index contributed by atoms with van der Waals surface area (Å²) in [7, 11) is 0. The van der Waals surface area contributed by atoms with Crippen LogP contribution >= 0.6 is 0 Å². The lowest BCUT2D eigenvalue weighted by atomic mass is 9.94. The van der Waals surface area contributed by atoms with Crippen molar-refractivity contribution in [1.29, 1.82) is 0 Å². The first kappa shape index (κ1) is 20.1. The zero-order valence-corrected chi connectivity index (χ0v) is 18.0. The summed E-state index contributed by atoms with van der Waals surface area (Å²) in [6, 6.07) is 19.3. The third-order valence-corrected chi connectivity index (χ3v) is 6.10. The zero-order chi connectivity index (χ0) is 22.3. The van der Waals surface area contributed by atoms with Crippen LogP contribution in [0.3, 0.4) is 0 Å². The fraction of sp³-hybridized carbons (Fsp3) is 0.231. The Balaban J connectivity index is 1.40. The average molecular weight is 428 g/mol. The summed E-state index contributed by atoms with van der Waals surface area (Å²) in [6.45, 7) is 3.73. The molecule has 0 unspecified atom stereocenters. The van der Waals surface area contributed by atoms with Gasteiger partial charge in [0, 0.05) is 18.3 Å². The van der Waals surface area contributed by atoms with E-state index in [0.29, 0.717) is 5.75 Å². The molecule has 0 radical (unpaired) electrons. The number of carbonyl (C=O) groups is 2. The van der Waals surface area contributed by atoms with E-state index in [2.05, 4.69) is 10.6 Å². The minimum Gasteiger partial charge on any atom is -0.454 e. The van der Waals surface area contributed by atoms with Gasteiger partial charge in [-0.2, -0.15) is 0 Å². The number of fused-ring (bicyclic) bond motifs is 1. The highest BCUT2D eigenvalue weighted by molar-refractivity contribution is 6.02. The van der Waals surface area contributed by atoms with Crippen molar-refractivity contribution in [2.75, 3.05) is 17.4 Å². The summed E-state index contributed by atoms with van der Waals surface area (Å²) in [5.41, 5.74) is 4.97. The second-order valence-electron chi connectivity index (χ2n) is 8.40. The molecule has 6 heteroatoms. The maximum Gasteiger partial charge on any atom is 0.235 e. The molecule has 32 heavy (non-hydrogen) atoms. The van der Waals surface area contributed by atoms with E-state index in [-0.39, 0.29) is 18.6 Å². The SMILES string of the molecule is CC(=O)Nc1cccc(-c2cc(NC(=O)C3(c4ccc5c(c4)OCO5)CC3)ccc2C)c1. The van der Waals surface area contributed by atoms with Gasteiger partial charge in [0.25, 0.3) is 0 Å². The van der Waals surface area contributed by atoms with Gasteiger partial charge in [-0.25, -0.2) is 0 Å². The van der Waals surface area contributed by atoms with Gasteiger partial charge < -0.3 is 20.1 Å². The average Bonchev–Trinajstić information content (AvgIpc) is 3.46. The fourth-order valence-corrected chi connectivity index (χ4v) is 4.20. The van der Waals surface area contributed by atoms with Crippen LogP contribution in [0.2, 0.25) is 0 Å². The molecule has 6 nitrogen and oxygen atoms in total. The van der Waals surface area contributed by atoms with E-state index in [1.807, 2.05) is 67.6 Å². The number of carbonyl (C=O) groups excluding carboxylic acids is 2. The minimum absolute atomic E-state index is 0.0156. The number of ether oxygens (including phenoxy) is 2. The van der Waals surface area contributed by atoms with Crippen LogP contribution in [0.1, 0.15) is 30.9 Å². The van der Waals surface area contributed by atoms with Crippen molar-refractivity contribution in [3.8, 4) is 22.6 Å². The summed E-state index contributed by atoms with van der Waals surface area (Å²) in [4.78, 5) is 24.7. The van der Waals surface area contributed by atoms with Crippen molar-refractivity contribution in [1.82, 2.24) is 0 Å². The van der Waals surface area contributed by atoms with Gasteiger partial charge >= 0.3 is 0 Å². The molecule has 2 N–H and O–H groups in total. The Morgan fingerprint density at radius 3 is 2.44 bits per heavy atom. The lowest BCUT2D eigenvalue weighted by Crippen LogP contribution is -2.27. The fourth-order valence-electron chi connectivity index (χ4n) is 4.20. The molecule has 3 aromatic carbocycles. The molecule has 0 spiro atoms. The number of rotatable bonds is 5. The van der Waals surface area contributed by atoms with Crippen LogP contribution in [0.25, 0.3) is 11.1 Å². The number of nitrogens with one attached hydrogen (secondary N) is 2. The van der Waals surface area contributed by atoms with Gasteiger partial charge in [0.15, 0.2) is 11.5 Å². The Morgan fingerprint density at radius 2 is 1.66 bits per heavy atom. The van der Waals surface area contributed by atoms with Gasteiger partial charge in [0.2, 0.25) is 18.6 Å². The summed E-state index contributed by atoms with van der Waals surface area (Å²) in [6.07, 6.45) is 1.60. The number of anilines is 2. The molecule has 1 fully saturated rings. The van der Waals surface area contributed by atoms with Crippen LogP contribution in [-0.2, 0) is 15.0 Å². The smallest absolute Gasteiger partial charge is 0.235 e. The van der Waals surface area contributed by atoms with E-state index < -0.39 is 5.41 Å². The van der Waals surface area contributed by atoms with E-state index in [1.54, 1.807) is 0 Å². The topological polar surface area (TPSA) is 76.7 Å². The Kier molecular flexibility index (Phi) is 4.85. The molecule has 1 aliphatic heterocycles. The first-order valence-electron chi connectivity index (χ1n) is 10.6. The zero-order valence-electron chi connectivity index (χ0n) is 18.0. The molecule has 0 atom stereocenters. The van der Waals surface area contributed by atoms with Crippen LogP contribution in [-0.4, -0.2) is 18.6 Å². The van der Waals surface area contributed by atoms with Crippen molar-refractivity contribution in [2.24, 2.45) is 0 Å². The van der Waals surface area contributed by atoms with Crippen molar-refractivity contribution in [3.05, 3.63) is 71.8 Å². The van der Waals surface area contributed by atoms with Crippen molar-refractivity contribution in [3.63, 3.8) is 0 Å². The van der Waals surface area contributed by atoms with Crippen molar-refractivity contribution >= 4 is 23.2 Å². The molecule has 3 aromatic rings. The molecule has 1 heterocycles. The number of aryl methyl sites for hydroxylation is 1. The van der Waals surface area contributed by atoms with E-state index in [0.717, 1.165) is 52.2 Å². The predicted octanol–water partition coefficient (Wildman–Crippen LogP) is 5.02. The van der Waals surface area contributed by atoms with Crippen molar-refractivity contribution < 1.29 is 19.1 Å². The van der Waals surface area contributed by atoms with Crippen LogP contribution in [0.15, 0.2) is 60.7 Å². The van der Waals surface area contributed by atoms with Crippen LogP contribution in [0.5, 0.6) is 11.5 Å². The van der Waals surface area contributed by atoms with Crippen LogP contribution < -0.4 is 20.1 Å².